The van der Waals surface area contributed by atoms with Gasteiger partial charge in [0.05, 0.1) is 24.3 Å². The molecule has 1 N–H and O–H groups in total. The number of carbonyl (C=O) groups is 1. The molecule has 2 atom stereocenters. The molecule has 0 radical (unpaired) electrons. The Labute approximate surface area is 125 Å². The lowest BCUT2D eigenvalue weighted by atomic mass is 9.88. The van der Waals surface area contributed by atoms with Crippen molar-refractivity contribution in [2.24, 2.45) is 0 Å². The Balaban J connectivity index is 1.79. The number of likely N-dealkylation sites (tertiary alicyclic amines) is 1. The summed E-state index contributed by atoms with van der Waals surface area (Å²) in [7, 11) is 0. The number of β-amino-alcohol motifs (C(OH)–C–C–N with tert-alkyl or cyclic N) is 1. The van der Waals surface area contributed by atoms with Crippen molar-refractivity contribution in [2.45, 2.75) is 51.2 Å². The minimum atomic E-state index is -0.691. The van der Waals surface area contributed by atoms with E-state index in [1.165, 1.54) is 0 Å². The molecule has 1 fully saturated rings. The van der Waals surface area contributed by atoms with Crippen LogP contribution in [0.15, 0.2) is 18.2 Å². The third kappa shape index (κ3) is 2.31. The van der Waals surface area contributed by atoms with Crippen molar-refractivity contribution in [3.05, 3.63) is 29.3 Å². The summed E-state index contributed by atoms with van der Waals surface area (Å²) in [6.45, 7) is 7.04. The van der Waals surface area contributed by atoms with Gasteiger partial charge < -0.3 is 14.7 Å². The number of amides is 1. The van der Waals surface area contributed by atoms with Gasteiger partial charge in [0.2, 0.25) is 0 Å². The molecule has 114 valence electrons. The van der Waals surface area contributed by atoms with Crippen LogP contribution >= 0.6 is 0 Å². The van der Waals surface area contributed by atoms with Crippen LogP contribution in [0.5, 0.6) is 5.75 Å². The van der Waals surface area contributed by atoms with Crippen molar-refractivity contribution < 1.29 is 14.6 Å². The highest BCUT2D eigenvalue weighted by atomic mass is 16.5. The minimum Gasteiger partial charge on any atom is -0.489 e. The molecule has 0 bridgehead atoms. The van der Waals surface area contributed by atoms with Gasteiger partial charge in [-0.1, -0.05) is 32.4 Å². The predicted octanol–water partition coefficient (Wildman–Crippen LogP) is 2.56. The van der Waals surface area contributed by atoms with E-state index in [0.29, 0.717) is 24.6 Å². The summed E-state index contributed by atoms with van der Waals surface area (Å²) < 4.78 is 5.88. The Hall–Kier alpha value is -1.55. The van der Waals surface area contributed by atoms with E-state index in [4.69, 9.17) is 4.74 Å². The minimum absolute atomic E-state index is 0.0334. The number of carbonyl (C=O) groups excluding carboxylic acids is 1. The molecule has 1 aromatic rings. The summed E-state index contributed by atoms with van der Waals surface area (Å²) in [4.78, 5) is 14.3. The lowest BCUT2D eigenvalue weighted by Crippen LogP contribution is -2.63. The zero-order valence-corrected chi connectivity index (χ0v) is 12.9. The normalized spacial score (nSPS) is 26.0. The van der Waals surface area contributed by atoms with Gasteiger partial charge in [0.15, 0.2) is 0 Å². The van der Waals surface area contributed by atoms with Gasteiger partial charge in [-0.2, -0.15) is 0 Å². The maximum Gasteiger partial charge on any atom is 0.257 e. The Morgan fingerprint density at radius 2 is 2.14 bits per heavy atom. The summed E-state index contributed by atoms with van der Waals surface area (Å²) in [5, 5.41) is 10.2. The first-order valence-corrected chi connectivity index (χ1v) is 7.76. The van der Waals surface area contributed by atoms with Gasteiger partial charge in [0.1, 0.15) is 11.9 Å². The summed E-state index contributed by atoms with van der Waals surface area (Å²) in [6.07, 6.45) is 1.77. The quantitative estimate of drug-likeness (QED) is 0.930. The van der Waals surface area contributed by atoms with Gasteiger partial charge in [-0.3, -0.25) is 4.79 Å². The van der Waals surface area contributed by atoms with Crippen molar-refractivity contribution in [1.29, 1.82) is 0 Å². The van der Waals surface area contributed by atoms with E-state index in [9.17, 15) is 9.90 Å². The van der Waals surface area contributed by atoms with Crippen LogP contribution in [0.4, 0.5) is 0 Å². The van der Waals surface area contributed by atoms with Crippen LogP contribution in [0.25, 0.3) is 0 Å². The molecule has 4 nitrogen and oxygen atoms in total. The summed E-state index contributed by atoms with van der Waals surface area (Å²) in [5.41, 5.74) is 1.05. The lowest BCUT2D eigenvalue weighted by Gasteiger charge is -2.46. The fourth-order valence-electron chi connectivity index (χ4n) is 3.36. The number of ether oxygens (including phenoxy) is 1. The topological polar surface area (TPSA) is 49.8 Å². The Morgan fingerprint density at radius 3 is 2.81 bits per heavy atom. The number of nitrogens with zero attached hydrogens (tertiary/aromatic N) is 1. The van der Waals surface area contributed by atoms with Crippen molar-refractivity contribution >= 4 is 5.91 Å². The molecule has 2 aliphatic heterocycles. The fourth-order valence-corrected chi connectivity index (χ4v) is 3.36. The molecule has 21 heavy (non-hydrogen) atoms. The number of fused-ring (bicyclic) bond motifs is 1. The fraction of sp³-hybridized carbons (Fsp3) is 0.588. The van der Waals surface area contributed by atoms with E-state index in [0.717, 1.165) is 24.2 Å². The second kappa shape index (κ2) is 5.02. The largest absolute Gasteiger partial charge is 0.489 e. The molecule has 0 spiro atoms. The molecule has 2 unspecified atom stereocenters. The van der Waals surface area contributed by atoms with Crippen LogP contribution < -0.4 is 4.74 Å². The van der Waals surface area contributed by atoms with Crippen molar-refractivity contribution in [2.75, 3.05) is 13.1 Å². The molecule has 1 aromatic carbocycles. The van der Waals surface area contributed by atoms with Gasteiger partial charge in [-0.05, 0) is 19.4 Å². The second-order valence-corrected chi connectivity index (χ2v) is 6.47. The van der Waals surface area contributed by atoms with Crippen LogP contribution in [0.2, 0.25) is 0 Å². The summed E-state index contributed by atoms with van der Waals surface area (Å²) >= 11 is 0. The van der Waals surface area contributed by atoms with Crippen molar-refractivity contribution in [1.82, 2.24) is 4.90 Å². The van der Waals surface area contributed by atoms with Gasteiger partial charge in [-0.15, -0.1) is 0 Å². The van der Waals surface area contributed by atoms with Gasteiger partial charge in [-0.25, -0.2) is 0 Å². The number of aliphatic hydroxyl groups is 1. The molecular formula is C17H23NO3. The van der Waals surface area contributed by atoms with E-state index in [1.54, 1.807) is 4.90 Å². The number of hydrogen-bond donors (Lipinski definition) is 1. The molecule has 3 rings (SSSR count). The first-order chi connectivity index (χ1) is 9.95. The number of rotatable bonds is 3. The van der Waals surface area contributed by atoms with Gasteiger partial charge >= 0.3 is 0 Å². The maximum absolute atomic E-state index is 12.6. The van der Waals surface area contributed by atoms with E-state index in [2.05, 4.69) is 6.92 Å². The molecule has 2 heterocycles. The van der Waals surface area contributed by atoms with Crippen LogP contribution in [0, 0.1) is 0 Å². The smallest absolute Gasteiger partial charge is 0.257 e. The predicted molar refractivity (Wildman–Crippen MR) is 80.7 cm³/mol. The second-order valence-electron chi connectivity index (χ2n) is 6.47. The zero-order chi connectivity index (χ0) is 15.2. The molecular weight excluding hydrogens is 266 g/mol. The average molecular weight is 289 g/mol. The SMILES string of the molecule is CCCC1(O)CN(C(=O)c2cccc3c2OC(C)C3C)C1. The van der Waals surface area contributed by atoms with Crippen molar-refractivity contribution in [3.8, 4) is 5.75 Å². The van der Waals surface area contributed by atoms with E-state index in [1.807, 2.05) is 32.0 Å². The highest BCUT2D eigenvalue weighted by molar-refractivity contribution is 5.98. The Bertz CT molecular complexity index is 563. The molecule has 0 aromatic heterocycles. The Morgan fingerprint density at radius 1 is 1.43 bits per heavy atom. The molecule has 1 amide bonds. The number of benzene rings is 1. The first-order valence-electron chi connectivity index (χ1n) is 7.76. The third-order valence-corrected chi connectivity index (χ3v) is 4.75. The first kappa shape index (κ1) is 14.4. The van der Waals surface area contributed by atoms with Crippen LogP contribution in [0.1, 0.15) is 55.5 Å². The van der Waals surface area contributed by atoms with E-state index in [-0.39, 0.29) is 12.0 Å². The van der Waals surface area contributed by atoms with Gasteiger partial charge in [0.25, 0.3) is 5.91 Å². The standard InChI is InChI=1S/C17H23NO3/c1-4-8-17(20)9-18(10-17)16(19)14-7-5-6-13-11(2)12(3)21-15(13)14/h5-7,11-12,20H,4,8-10H2,1-3H3. The lowest BCUT2D eigenvalue weighted by molar-refractivity contribution is -0.0860. The molecule has 4 heteroatoms. The van der Waals surface area contributed by atoms with E-state index >= 15 is 0 Å². The van der Waals surface area contributed by atoms with Gasteiger partial charge in [0, 0.05) is 11.5 Å². The van der Waals surface area contributed by atoms with Crippen molar-refractivity contribution in [3.63, 3.8) is 0 Å². The van der Waals surface area contributed by atoms with Crippen LogP contribution in [0.3, 0.4) is 0 Å². The Kier molecular flexibility index (Phi) is 3.44. The monoisotopic (exact) mass is 289 g/mol. The number of hydrogen-bond acceptors (Lipinski definition) is 3. The molecule has 1 saturated heterocycles. The number of para-hydroxylation sites is 1. The maximum atomic E-state index is 12.6. The zero-order valence-electron chi connectivity index (χ0n) is 12.9. The highest BCUT2D eigenvalue weighted by Gasteiger charge is 2.44. The molecule has 0 saturated carbocycles. The highest BCUT2D eigenvalue weighted by Crippen LogP contribution is 2.41. The third-order valence-electron chi connectivity index (χ3n) is 4.75. The molecule has 0 aliphatic carbocycles. The average Bonchev–Trinajstić information content (AvgIpc) is 2.71. The summed E-state index contributed by atoms with van der Waals surface area (Å²) in [5.74, 6) is 1.00. The van der Waals surface area contributed by atoms with E-state index < -0.39 is 5.60 Å². The van der Waals surface area contributed by atoms with Crippen LogP contribution in [-0.2, 0) is 0 Å². The molecule has 2 aliphatic rings. The summed E-state index contributed by atoms with van der Waals surface area (Å²) in [6, 6.07) is 5.77. The van der Waals surface area contributed by atoms with Crippen LogP contribution in [-0.4, -0.2) is 40.7 Å².